The standard InChI is InChI=1S/C16H23F2N3O/c17-15(18)22-14-9-5-6-12(10-14)11-20-16(19)21-13-7-3-1-2-4-8-13/h5-6,9-10,13,15H,1-4,7-8,11H2,(H3,19,20,21). The molecule has 6 heteroatoms. The largest absolute Gasteiger partial charge is 0.435 e. The number of ether oxygens (including phenoxy) is 1. The van der Waals surface area contributed by atoms with E-state index in [0.29, 0.717) is 18.5 Å². The van der Waals surface area contributed by atoms with Crippen molar-refractivity contribution in [2.75, 3.05) is 0 Å². The summed E-state index contributed by atoms with van der Waals surface area (Å²) in [4.78, 5) is 4.28. The minimum atomic E-state index is -2.82. The number of benzene rings is 1. The first-order valence-electron chi connectivity index (χ1n) is 7.73. The molecule has 1 saturated carbocycles. The van der Waals surface area contributed by atoms with E-state index in [1.54, 1.807) is 18.2 Å². The van der Waals surface area contributed by atoms with E-state index in [-0.39, 0.29) is 5.75 Å². The second-order valence-electron chi connectivity index (χ2n) is 5.56. The molecule has 1 fully saturated rings. The van der Waals surface area contributed by atoms with E-state index in [4.69, 9.17) is 5.73 Å². The van der Waals surface area contributed by atoms with E-state index in [0.717, 1.165) is 18.4 Å². The van der Waals surface area contributed by atoms with Crippen LogP contribution in [0, 0.1) is 0 Å². The number of nitrogens with zero attached hydrogens (tertiary/aromatic N) is 1. The molecular weight excluding hydrogens is 288 g/mol. The molecular formula is C16H23F2N3O. The number of nitrogens with two attached hydrogens (primary N) is 1. The van der Waals surface area contributed by atoms with Crippen LogP contribution in [-0.2, 0) is 6.54 Å². The molecule has 2 rings (SSSR count). The Balaban J connectivity index is 1.87. The van der Waals surface area contributed by atoms with Gasteiger partial charge in [-0.2, -0.15) is 8.78 Å². The quantitative estimate of drug-likeness (QED) is 0.498. The Bertz CT molecular complexity index is 486. The number of rotatable bonds is 5. The minimum Gasteiger partial charge on any atom is -0.435 e. The summed E-state index contributed by atoms with van der Waals surface area (Å²) >= 11 is 0. The zero-order chi connectivity index (χ0) is 15.8. The highest BCUT2D eigenvalue weighted by molar-refractivity contribution is 5.78. The third-order valence-electron chi connectivity index (χ3n) is 3.76. The van der Waals surface area contributed by atoms with Crippen LogP contribution in [0.5, 0.6) is 5.75 Å². The first kappa shape index (κ1) is 16.5. The Labute approximate surface area is 129 Å². The molecule has 122 valence electrons. The first-order valence-corrected chi connectivity index (χ1v) is 7.73. The number of halogens is 2. The molecule has 1 aliphatic rings. The van der Waals surface area contributed by atoms with Gasteiger partial charge in [-0.05, 0) is 30.5 Å². The SMILES string of the molecule is NC(=NCc1cccc(OC(F)F)c1)NC1CCCCCC1. The van der Waals surface area contributed by atoms with Gasteiger partial charge in [0.05, 0.1) is 6.54 Å². The molecule has 3 N–H and O–H groups in total. The van der Waals surface area contributed by atoms with Gasteiger partial charge in [0.1, 0.15) is 5.75 Å². The molecule has 0 heterocycles. The molecule has 0 spiro atoms. The van der Waals surface area contributed by atoms with Gasteiger partial charge in [-0.25, -0.2) is 4.99 Å². The monoisotopic (exact) mass is 311 g/mol. The second kappa shape index (κ2) is 8.56. The molecule has 0 bridgehead atoms. The van der Waals surface area contributed by atoms with E-state index in [2.05, 4.69) is 15.0 Å². The van der Waals surface area contributed by atoms with Crippen molar-refractivity contribution in [1.82, 2.24) is 5.32 Å². The molecule has 4 nitrogen and oxygen atoms in total. The van der Waals surface area contributed by atoms with Crippen LogP contribution >= 0.6 is 0 Å². The van der Waals surface area contributed by atoms with Crippen LogP contribution in [0.25, 0.3) is 0 Å². The number of aliphatic imine (C=N–C) groups is 1. The predicted molar refractivity (Wildman–Crippen MR) is 83.0 cm³/mol. The molecule has 0 unspecified atom stereocenters. The van der Waals surface area contributed by atoms with Crippen molar-refractivity contribution < 1.29 is 13.5 Å². The van der Waals surface area contributed by atoms with Crippen LogP contribution < -0.4 is 15.8 Å². The lowest BCUT2D eigenvalue weighted by Crippen LogP contribution is -2.39. The van der Waals surface area contributed by atoms with Gasteiger partial charge >= 0.3 is 6.61 Å². The summed E-state index contributed by atoms with van der Waals surface area (Å²) in [5.41, 5.74) is 6.69. The van der Waals surface area contributed by atoms with Crippen molar-refractivity contribution in [3.63, 3.8) is 0 Å². The zero-order valence-corrected chi connectivity index (χ0v) is 12.6. The fourth-order valence-corrected chi connectivity index (χ4v) is 2.67. The maximum absolute atomic E-state index is 12.2. The number of hydrogen-bond acceptors (Lipinski definition) is 2. The third-order valence-corrected chi connectivity index (χ3v) is 3.76. The van der Waals surface area contributed by atoms with Crippen LogP contribution in [0.15, 0.2) is 29.3 Å². The maximum Gasteiger partial charge on any atom is 0.387 e. The van der Waals surface area contributed by atoms with Crippen LogP contribution in [0.1, 0.15) is 44.1 Å². The molecule has 0 atom stereocenters. The molecule has 0 radical (unpaired) electrons. The molecule has 0 amide bonds. The molecule has 1 aromatic rings. The summed E-state index contributed by atoms with van der Waals surface area (Å²) < 4.78 is 28.7. The van der Waals surface area contributed by atoms with Crippen LogP contribution in [0.2, 0.25) is 0 Å². The third kappa shape index (κ3) is 5.87. The lowest BCUT2D eigenvalue weighted by Gasteiger charge is -2.16. The van der Waals surface area contributed by atoms with Crippen LogP contribution in [0.3, 0.4) is 0 Å². The Hall–Kier alpha value is -1.85. The van der Waals surface area contributed by atoms with Gasteiger partial charge in [-0.3, -0.25) is 0 Å². The second-order valence-corrected chi connectivity index (χ2v) is 5.56. The van der Waals surface area contributed by atoms with Crippen molar-refractivity contribution in [2.24, 2.45) is 10.7 Å². The Morgan fingerprint density at radius 1 is 1.27 bits per heavy atom. The number of guanidine groups is 1. The van der Waals surface area contributed by atoms with E-state index in [1.165, 1.54) is 31.7 Å². The van der Waals surface area contributed by atoms with E-state index in [1.807, 2.05) is 0 Å². The fraction of sp³-hybridized carbons (Fsp3) is 0.562. The van der Waals surface area contributed by atoms with E-state index < -0.39 is 6.61 Å². The normalized spacial score (nSPS) is 17.3. The van der Waals surface area contributed by atoms with Crippen molar-refractivity contribution >= 4 is 5.96 Å². The molecule has 22 heavy (non-hydrogen) atoms. The summed E-state index contributed by atoms with van der Waals surface area (Å²) in [6, 6.07) is 6.90. The summed E-state index contributed by atoms with van der Waals surface area (Å²) in [6.07, 6.45) is 7.25. The van der Waals surface area contributed by atoms with Gasteiger partial charge in [0.15, 0.2) is 5.96 Å². The highest BCUT2D eigenvalue weighted by atomic mass is 19.3. The summed E-state index contributed by atoms with van der Waals surface area (Å²) in [5, 5.41) is 3.25. The average Bonchev–Trinajstić information content (AvgIpc) is 2.73. The smallest absolute Gasteiger partial charge is 0.387 e. The van der Waals surface area contributed by atoms with E-state index >= 15 is 0 Å². The lowest BCUT2D eigenvalue weighted by atomic mass is 10.1. The number of alkyl halides is 2. The molecule has 1 aromatic carbocycles. The Kier molecular flexibility index (Phi) is 6.43. The van der Waals surface area contributed by atoms with Gasteiger partial charge in [0.2, 0.25) is 0 Å². The predicted octanol–water partition coefficient (Wildman–Crippen LogP) is 3.42. The van der Waals surface area contributed by atoms with E-state index in [9.17, 15) is 8.78 Å². The van der Waals surface area contributed by atoms with Gasteiger partial charge in [0.25, 0.3) is 0 Å². The molecule has 0 aromatic heterocycles. The summed E-state index contributed by atoms with van der Waals surface area (Å²) in [5.74, 6) is 0.546. The van der Waals surface area contributed by atoms with Gasteiger partial charge in [-0.1, -0.05) is 37.8 Å². The highest BCUT2D eigenvalue weighted by Gasteiger charge is 2.12. The topological polar surface area (TPSA) is 59.6 Å². The Morgan fingerprint density at radius 2 is 2.00 bits per heavy atom. The molecule has 0 saturated heterocycles. The van der Waals surface area contributed by atoms with Crippen LogP contribution in [0.4, 0.5) is 8.78 Å². The van der Waals surface area contributed by atoms with Gasteiger partial charge in [0, 0.05) is 6.04 Å². The average molecular weight is 311 g/mol. The van der Waals surface area contributed by atoms with Crippen molar-refractivity contribution in [2.45, 2.75) is 57.7 Å². The fourth-order valence-electron chi connectivity index (χ4n) is 2.67. The summed E-state index contributed by atoms with van der Waals surface area (Å²) in [7, 11) is 0. The maximum atomic E-state index is 12.2. The number of hydrogen-bond donors (Lipinski definition) is 2. The van der Waals surface area contributed by atoms with Crippen LogP contribution in [-0.4, -0.2) is 18.6 Å². The van der Waals surface area contributed by atoms with Gasteiger partial charge < -0.3 is 15.8 Å². The first-order chi connectivity index (χ1) is 10.6. The number of nitrogens with one attached hydrogen (secondary N) is 1. The summed E-state index contributed by atoms with van der Waals surface area (Å²) in [6.45, 7) is -2.48. The van der Waals surface area contributed by atoms with Crippen molar-refractivity contribution in [3.05, 3.63) is 29.8 Å². The molecule has 1 aliphatic carbocycles. The van der Waals surface area contributed by atoms with Crippen molar-refractivity contribution in [3.8, 4) is 5.75 Å². The molecule has 0 aliphatic heterocycles. The highest BCUT2D eigenvalue weighted by Crippen LogP contribution is 2.18. The van der Waals surface area contributed by atoms with Gasteiger partial charge in [-0.15, -0.1) is 0 Å². The lowest BCUT2D eigenvalue weighted by molar-refractivity contribution is -0.0498. The Morgan fingerprint density at radius 3 is 2.68 bits per heavy atom. The zero-order valence-electron chi connectivity index (χ0n) is 12.6. The van der Waals surface area contributed by atoms with Crippen molar-refractivity contribution in [1.29, 1.82) is 0 Å². The minimum absolute atomic E-state index is 0.137.